The Kier molecular flexibility index (Phi) is 5.81. The second kappa shape index (κ2) is 6.06. The zero-order valence-corrected chi connectivity index (χ0v) is 10.6. The highest BCUT2D eigenvalue weighted by atomic mass is 16.1. The predicted molar refractivity (Wildman–Crippen MR) is 65.7 cm³/mol. The van der Waals surface area contributed by atoms with E-state index in [2.05, 4.69) is 27.4 Å². The first-order chi connectivity index (χ1) is 6.70. The van der Waals surface area contributed by atoms with Crippen molar-refractivity contribution in [3.63, 3.8) is 0 Å². The summed E-state index contributed by atoms with van der Waals surface area (Å²) < 4.78 is 0. The van der Waals surface area contributed by atoms with Crippen molar-refractivity contribution in [2.75, 3.05) is 0 Å². The smallest absolute Gasteiger partial charge is 0.134 e. The van der Waals surface area contributed by atoms with Gasteiger partial charge < -0.3 is 5.73 Å². The molecule has 0 aliphatic rings. The number of allylic oxidation sites excluding steroid dienone is 1. The zero-order valence-electron chi connectivity index (χ0n) is 10.6. The van der Waals surface area contributed by atoms with Gasteiger partial charge in [-0.3, -0.25) is 4.79 Å². The highest BCUT2D eigenvalue weighted by Crippen LogP contribution is 2.21. The minimum Gasteiger partial charge on any atom is -0.327 e. The molecule has 0 spiro atoms. The topological polar surface area (TPSA) is 43.1 Å². The molecule has 88 valence electrons. The molecule has 1 atom stereocenters. The van der Waals surface area contributed by atoms with Gasteiger partial charge in [0.15, 0.2) is 0 Å². The summed E-state index contributed by atoms with van der Waals surface area (Å²) in [4.78, 5) is 11.5. The Balaban J connectivity index is 3.81. The highest BCUT2D eigenvalue weighted by molar-refractivity contribution is 5.79. The molecule has 0 aliphatic carbocycles. The number of carbonyl (C=O) groups is 1. The van der Waals surface area contributed by atoms with Crippen molar-refractivity contribution < 1.29 is 4.79 Å². The molecule has 0 radical (unpaired) electrons. The third kappa shape index (κ3) is 9.67. The molecule has 0 amide bonds. The first-order valence-electron chi connectivity index (χ1n) is 5.62. The molecule has 0 aromatic heterocycles. The maximum atomic E-state index is 11.5. The largest absolute Gasteiger partial charge is 0.327 e. The number of ketones is 1. The van der Waals surface area contributed by atoms with Crippen LogP contribution in [-0.2, 0) is 4.79 Å². The molecular formula is C13H25NO. The summed E-state index contributed by atoms with van der Waals surface area (Å²) in [6.45, 7) is 12.2. The van der Waals surface area contributed by atoms with Crippen molar-refractivity contribution >= 4 is 5.78 Å². The second-order valence-electron chi connectivity index (χ2n) is 5.72. The molecule has 0 aliphatic heterocycles. The first-order valence-corrected chi connectivity index (χ1v) is 5.62. The van der Waals surface area contributed by atoms with Crippen molar-refractivity contribution in [1.82, 2.24) is 0 Å². The molecule has 2 heteroatoms. The lowest BCUT2D eigenvalue weighted by Gasteiger charge is -2.22. The number of rotatable bonds is 6. The SMILES string of the molecule is C=C(C)CCC(=O)CC(N)CC(C)(C)C. The van der Waals surface area contributed by atoms with E-state index in [1.54, 1.807) is 0 Å². The van der Waals surface area contributed by atoms with Crippen LogP contribution in [0.1, 0.15) is 53.4 Å². The van der Waals surface area contributed by atoms with Gasteiger partial charge in [-0.1, -0.05) is 26.3 Å². The maximum Gasteiger partial charge on any atom is 0.134 e. The Morgan fingerprint density at radius 2 is 1.87 bits per heavy atom. The lowest BCUT2D eigenvalue weighted by atomic mass is 9.86. The van der Waals surface area contributed by atoms with E-state index in [0.29, 0.717) is 12.8 Å². The normalized spacial score (nSPS) is 13.7. The van der Waals surface area contributed by atoms with Crippen LogP contribution in [0.5, 0.6) is 0 Å². The number of hydrogen-bond acceptors (Lipinski definition) is 2. The molecule has 0 heterocycles. The molecule has 0 aromatic carbocycles. The van der Waals surface area contributed by atoms with Crippen molar-refractivity contribution in [3.05, 3.63) is 12.2 Å². The molecular weight excluding hydrogens is 186 g/mol. The molecule has 0 fully saturated rings. The van der Waals surface area contributed by atoms with E-state index >= 15 is 0 Å². The van der Waals surface area contributed by atoms with E-state index in [0.717, 1.165) is 18.4 Å². The third-order valence-electron chi connectivity index (χ3n) is 2.20. The lowest BCUT2D eigenvalue weighted by molar-refractivity contribution is -0.119. The average Bonchev–Trinajstić information content (AvgIpc) is 1.96. The van der Waals surface area contributed by atoms with E-state index in [-0.39, 0.29) is 17.2 Å². The Bertz CT molecular complexity index is 225. The van der Waals surface area contributed by atoms with Gasteiger partial charge in [0, 0.05) is 18.9 Å². The van der Waals surface area contributed by atoms with Gasteiger partial charge in [-0.25, -0.2) is 0 Å². The monoisotopic (exact) mass is 211 g/mol. The van der Waals surface area contributed by atoms with Crippen molar-refractivity contribution in [2.45, 2.75) is 59.4 Å². The molecule has 2 nitrogen and oxygen atoms in total. The second-order valence-corrected chi connectivity index (χ2v) is 5.72. The van der Waals surface area contributed by atoms with Gasteiger partial charge >= 0.3 is 0 Å². The van der Waals surface area contributed by atoms with Crippen LogP contribution in [0.15, 0.2) is 12.2 Å². The molecule has 0 saturated carbocycles. The Morgan fingerprint density at radius 1 is 1.33 bits per heavy atom. The zero-order chi connectivity index (χ0) is 12.1. The highest BCUT2D eigenvalue weighted by Gasteiger charge is 2.17. The summed E-state index contributed by atoms with van der Waals surface area (Å²) in [5.41, 5.74) is 7.19. The van der Waals surface area contributed by atoms with Crippen molar-refractivity contribution in [1.29, 1.82) is 0 Å². The molecule has 0 saturated heterocycles. The van der Waals surface area contributed by atoms with Crippen LogP contribution in [-0.4, -0.2) is 11.8 Å². The van der Waals surface area contributed by atoms with E-state index in [1.165, 1.54) is 0 Å². The van der Waals surface area contributed by atoms with Gasteiger partial charge in [0.05, 0.1) is 0 Å². The molecule has 0 aromatic rings. The Hall–Kier alpha value is -0.630. The number of hydrogen-bond donors (Lipinski definition) is 1. The lowest BCUT2D eigenvalue weighted by Crippen LogP contribution is -2.28. The maximum absolute atomic E-state index is 11.5. The summed E-state index contributed by atoms with van der Waals surface area (Å²) in [6.07, 6.45) is 2.78. The van der Waals surface area contributed by atoms with Gasteiger partial charge in [-0.2, -0.15) is 0 Å². The van der Waals surface area contributed by atoms with Crippen LogP contribution >= 0.6 is 0 Å². The summed E-state index contributed by atoms with van der Waals surface area (Å²) >= 11 is 0. The summed E-state index contributed by atoms with van der Waals surface area (Å²) in [5, 5.41) is 0. The van der Waals surface area contributed by atoms with Crippen LogP contribution in [0.2, 0.25) is 0 Å². The van der Waals surface area contributed by atoms with Crippen LogP contribution in [0, 0.1) is 5.41 Å². The Morgan fingerprint density at radius 3 is 2.27 bits per heavy atom. The van der Waals surface area contributed by atoms with Crippen LogP contribution in [0.3, 0.4) is 0 Å². The minimum atomic E-state index is 0.00243. The van der Waals surface area contributed by atoms with E-state index < -0.39 is 0 Å². The van der Waals surface area contributed by atoms with E-state index in [1.807, 2.05) is 6.92 Å². The van der Waals surface area contributed by atoms with Crippen LogP contribution < -0.4 is 5.73 Å². The standard InChI is InChI=1S/C13H25NO/c1-10(2)6-7-12(15)8-11(14)9-13(3,4)5/h11H,1,6-9,14H2,2-5H3. The van der Waals surface area contributed by atoms with Gasteiger partial charge in [0.25, 0.3) is 0 Å². The van der Waals surface area contributed by atoms with Crippen molar-refractivity contribution in [2.24, 2.45) is 11.1 Å². The van der Waals surface area contributed by atoms with Crippen LogP contribution in [0.25, 0.3) is 0 Å². The van der Waals surface area contributed by atoms with Gasteiger partial charge in [-0.05, 0) is 25.2 Å². The number of carbonyl (C=O) groups excluding carboxylic acids is 1. The number of nitrogens with two attached hydrogens (primary N) is 1. The fraction of sp³-hybridized carbons (Fsp3) is 0.769. The molecule has 15 heavy (non-hydrogen) atoms. The van der Waals surface area contributed by atoms with Gasteiger partial charge in [0.2, 0.25) is 0 Å². The van der Waals surface area contributed by atoms with Crippen molar-refractivity contribution in [3.8, 4) is 0 Å². The van der Waals surface area contributed by atoms with Crippen LogP contribution in [0.4, 0.5) is 0 Å². The third-order valence-corrected chi connectivity index (χ3v) is 2.20. The first kappa shape index (κ1) is 14.4. The minimum absolute atomic E-state index is 0.00243. The summed E-state index contributed by atoms with van der Waals surface area (Å²) in [7, 11) is 0. The predicted octanol–water partition coefficient (Wildman–Crippen LogP) is 3.07. The van der Waals surface area contributed by atoms with Gasteiger partial charge in [0.1, 0.15) is 5.78 Å². The van der Waals surface area contributed by atoms with Gasteiger partial charge in [-0.15, -0.1) is 6.58 Å². The molecule has 2 N–H and O–H groups in total. The Labute approximate surface area is 93.9 Å². The summed E-state index contributed by atoms with van der Waals surface area (Å²) in [6, 6.07) is 0.00243. The summed E-state index contributed by atoms with van der Waals surface area (Å²) in [5.74, 6) is 0.259. The molecule has 0 bridgehead atoms. The van der Waals surface area contributed by atoms with E-state index in [9.17, 15) is 4.79 Å². The average molecular weight is 211 g/mol. The fourth-order valence-electron chi connectivity index (χ4n) is 1.61. The molecule has 0 rings (SSSR count). The fourth-order valence-corrected chi connectivity index (χ4v) is 1.61. The quantitative estimate of drug-likeness (QED) is 0.686. The number of Topliss-reactive ketones (excluding diaryl/α,β-unsaturated/α-hetero) is 1. The molecule has 1 unspecified atom stereocenters. The van der Waals surface area contributed by atoms with E-state index in [4.69, 9.17) is 5.73 Å².